The van der Waals surface area contributed by atoms with Gasteiger partial charge >= 0.3 is 11.7 Å². The Morgan fingerprint density at radius 2 is 1.97 bits per heavy atom. The van der Waals surface area contributed by atoms with E-state index in [0.717, 1.165) is 0 Å². The van der Waals surface area contributed by atoms with Crippen molar-refractivity contribution in [3.8, 4) is 5.75 Å². The molecule has 174 valence electrons. The number of benzene rings is 1. The topological polar surface area (TPSA) is 160 Å². The minimum atomic E-state index is -1.43. The predicted octanol–water partition coefficient (Wildman–Crippen LogP) is 1.41. The number of nitrogens with two attached hydrogens (primary N) is 1. The second kappa shape index (κ2) is 8.77. The van der Waals surface area contributed by atoms with Gasteiger partial charge in [0.25, 0.3) is 0 Å². The molecule has 32 heavy (non-hydrogen) atoms. The first-order valence-electron chi connectivity index (χ1n) is 9.81. The SMILES string of the molecule is CO[C@@H]1[C@@H](OC(N)=O)[C@@H](O)[C@H](Oc2ccc3cc(NC(C)=O)c(=O)oc3c2C)OC1(C)C. The maximum Gasteiger partial charge on any atom is 0.404 e. The second-order valence-corrected chi connectivity index (χ2v) is 7.99. The molecular formula is C21H26N2O9. The third-order valence-corrected chi connectivity index (χ3v) is 5.18. The fourth-order valence-corrected chi connectivity index (χ4v) is 3.78. The van der Waals surface area contributed by atoms with Crippen molar-refractivity contribution in [1.82, 2.24) is 0 Å². The van der Waals surface area contributed by atoms with Crippen LogP contribution in [0.4, 0.5) is 10.5 Å². The third-order valence-electron chi connectivity index (χ3n) is 5.18. The van der Waals surface area contributed by atoms with E-state index in [1.54, 1.807) is 32.9 Å². The fourth-order valence-electron chi connectivity index (χ4n) is 3.78. The van der Waals surface area contributed by atoms with Gasteiger partial charge in [0.1, 0.15) is 23.1 Å². The lowest BCUT2D eigenvalue weighted by Crippen LogP contribution is -2.65. The van der Waals surface area contributed by atoms with Crippen LogP contribution < -0.4 is 21.4 Å². The van der Waals surface area contributed by atoms with Gasteiger partial charge in [0.15, 0.2) is 12.2 Å². The lowest BCUT2D eigenvalue weighted by molar-refractivity contribution is -0.304. The predicted molar refractivity (Wildman–Crippen MR) is 112 cm³/mol. The van der Waals surface area contributed by atoms with Crippen LogP contribution in [-0.4, -0.2) is 54.4 Å². The molecule has 1 aromatic carbocycles. The smallest absolute Gasteiger partial charge is 0.404 e. The number of nitrogens with one attached hydrogen (secondary N) is 1. The van der Waals surface area contributed by atoms with Crippen LogP contribution in [-0.2, 0) is 19.0 Å². The largest absolute Gasteiger partial charge is 0.462 e. The first-order valence-corrected chi connectivity index (χ1v) is 9.81. The number of hydrogen-bond acceptors (Lipinski definition) is 9. The van der Waals surface area contributed by atoms with Crippen LogP contribution in [0.5, 0.6) is 5.75 Å². The number of methoxy groups -OCH3 is 1. The van der Waals surface area contributed by atoms with Crippen molar-refractivity contribution in [3.63, 3.8) is 0 Å². The van der Waals surface area contributed by atoms with Gasteiger partial charge in [0, 0.05) is 25.0 Å². The Morgan fingerprint density at radius 1 is 1.28 bits per heavy atom. The van der Waals surface area contributed by atoms with E-state index < -0.39 is 47.8 Å². The lowest BCUT2D eigenvalue weighted by atomic mass is 9.89. The highest BCUT2D eigenvalue weighted by Crippen LogP contribution is 2.36. The molecule has 0 radical (unpaired) electrons. The Labute approximate surface area is 183 Å². The van der Waals surface area contributed by atoms with Gasteiger partial charge in [-0.3, -0.25) is 4.79 Å². The maximum atomic E-state index is 12.2. The summed E-state index contributed by atoms with van der Waals surface area (Å²) in [6.07, 6.45) is -5.71. The molecule has 1 saturated heterocycles. The minimum Gasteiger partial charge on any atom is -0.462 e. The molecule has 1 aromatic heterocycles. The van der Waals surface area contributed by atoms with E-state index in [-0.39, 0.29) is 17.0 Å². The molecule has 1 fully saturated rings. The molecule has 2 aromatic rings. The molecule has 4 N–H and O–H groups in total. The third kappa shape index (κ3) is 4.54. The Kier molecular flexibility index (Phi) is 6.44. The lowest BCUT2D eigenvalue weighted by Gasteiger charge is -2.47. The van der Waals surface area contributed by atoms with Gasteiger partial charge in [0.2, 0.25) is 12.2 Å². The highest BCUT2D eigenvalue weighted by molar-refractivity contribution is 5.91. The average molecular weight is 450 g/mol. The standard InChI is InChI=1S/C21H26N2O9/c1-9-13(7-6-11-8-12(23-10(2)24)18(26)30-15(9)11)29-19-14(25)16(31-20(22)27)17(28-5)21(3,4)32-19/h6-8,14,16-17,19,25H,1-5H3,(H2,22,27)(H,23,24)/t14-,16+,17-,19-/m1/s1. The molecule has 1 aliphatic heterocycles. The van der Waals surface area contributed by atoms with Crippen molar-refractivity contribution in [2.24, 2.45) is 5.73 Å². The number of ether oxygens (including phenoxy) is 4. The van der Waals surface area contributed by atoms with Crippen LogP contribution in [0.2, 0.25) is 0 Å². The van der Waals surface area contributed by atoms with E-state index in [4.69, 9.17) is 29.1 Å². The van der Waals surface area contributed by atoms with Crippen molar-refractivity contribution in [3.05, 3.63) is 34.2 Å². The number of carbonyl (C=O) groups is 2. The number of hydrogen-bond donors (Lipinski definition) is 3. The van der Waals surface area contributed by atoms with E-state index in [2.05, 4.69) is 5.32 Å². The van der Waals surface area contributed by atoms with Crippen molar-refractivity contribution in [1.29, 1.82) is 0 Å². The molecule has 0 aliphatic carbocycles. The summed E-state index contributed by atoms with van der Waals surface area (Å²) in [5.41, 5.74) is 4.14. The quantitative estimate of drug-likeness (QED) is 0.572. The molecule has 3 rings (SSSR count). The molecule has 11 heteroatoms. The first-order chi connectivity index (χ1) is 14.9. The van der Waals surface area contributed by atoms with Gasteiger partial charge in [0.05, 0.1) is 5.60 Å². The van der Waals surface area contributed by atoms with Gasteiger partial charge in [-0.1, -0.05) is 0 Å². The number of primary amides is 1. The summed E-state index contributed by atoms with van der Waals surface area (Å²) in [7, 11) is 1.39. The van der Waals surface area contributed by atoms with Crippen molar-refractivity contribution in [2.45, 2.75) is 57.9 Å². The number of amides is 2. The molecule has 0 bridgehead atoms. The van der Waals surface area contributed by atoms with Gasteiger partial charge in [-0.15, -0.1) is 0 Å². The Bertz CT molecular complexity index is 1090. The van der Waals surface area contributed by atoms with E-state index in [1.165, 1.54) is 20.1 Å². The summed E-state index contributed by atoms with van der Waals surface area (Å²) in [6, 6.07) is 4.72. The summed E-state index contributed by atoms with van der Waals surface area (Å²) >= 11 is 0. The normalized spacial score (nSPS) is 24.7. The van der Waals surface area contributed by atoms with Crippen LogP contribution >= 0.6 is 0 Å². The van der Waals surface area contributed by atoms with Crippen molar-refractivity contribution < 1.29 is 38.1 Å². The van der Waals surface area contributed by atoms with E-state index in [9.17, 15) is 19.5 Å². The average Bonchev–Trinajstić information content (AvgIpc) is 2.68. The zero-order valence-electron chi connectivity index (χ0n) is 18.3. The van der Waals surface area contributed by atoms with Crippen molar-refractivity contribution >= 4 is 28.7 Å². The highest BCUT2D eigenvalue weighted by Gasteiger charge is 2.53. The summed E-state index contributed by atoms with van der Waals surface area (Å²) in [6.45, 7) is 6.33. The first kappa shape index (κ1) is 23.5. The summed E-state index contributed by atoms with van der Waals surface area (Å²) < 4.78 is 27.6. The van der Waals surface area contributed by atoms with Crippen LogP contribution in [0.1, 0.15) is 26.3 Å². The Morgan fingerprint density at radius 3 is 2.56 bits per heavy atom. The molecule has 2 amide bonds. The number of aliphatic hydroxyl groups excluding tert-OH is 1. The maximum absolute atomic E-state index is 12.2. The molecule has 11 nitrogen and oxygen atoms in total. The number of aliphatic hydroxyl groups is 1. The molecule has 0 unspecified atom stereocenters. The van der Waals surface area contributed by atoms with Gasteiger partial charge in [-0.25, -0.2) is 9.59 Å². The van der Waals surface area contributed by atoms with Crippen LogP contribution in [0, 0.1) is 6.92 Å². The molecule has 2 heterocycles. The van der Waals surface area contributed by atoms with E-state index in [0.29, 0.717) is 10.9 Å². The highest BCUT2D eigenvalue weighted by atomic mass is 16.7. The van der Waals surface area contributed by atoms with Crippen molar-refractivity contribution in [2.75, 3.05) is 12.4 Å². The number of fused-ring (bicyclic) bond motifs is 1. The summed E-state index contributed by atoms with van der Waals surface area (Å²) in [5.74, 6) is -0.136. The van der Waals surface area contributed by atoms with Crippen LogP contribution in [0.15, 0.2) is 27.4 Å². The molecular weight excluding hydrogens is 424 g/mol. The Balaban J connectivity index is 1.95. The monoisotopic (exact) mass is 450 g/mol. The van der Waals surface area contributed by atoms with E-state index >= 15 is 0 Å². The van der Waals surface area contributed by atoms with Gasteiger partial charge in [-0.05, 0) is 39.0 Å². The van der Waals surface area contributed by atoms with Crippen LogP contribution in [0.3, 0.4) is 0 Å². The second-order valence-electron chi connectivity index (χ2n) is 7.99. The molecule has 4 atom stereocenters. The molecule has 1 aliphatic rings. The molecule has 0 spiro atoms. The fraction of sp³-hybridized carbons (Fsp3) is 0.476. The van der Waals surface area contributed by atoms with Gasteiger partial charge in [-0.2, -0.15) is 0 Å². The number of rotatable bonds is 5. The van der Waals surface area contributed by atoms with Gasteiger partial charge < -0.3 is 39.5 Å². The number of aryl methyl sites for hydroxylation is 1. The number of anilines is 1. The van der Waals surface area contributed by atoms with Crippen LogP contribution in [0.25, 0.3) is 11.0 Å². The summed E-state index contributed by atoms with van der Waals surface area (Å²) in [4.78, 5) is 34.8. The zero-order chi connectivity index (χ0) is 23.8. The molecule has 0 saturated carbocycles. The summed E-state index contributed by atoms with van der Waals surface area (Å²) in [5, 5.41) is 13.7. The van der Waals surface area contributed by atoms with E-state index in [1.807, 2.05) is 0 Å². The number of carbonyl (C=O) groups excluding carboxylic acids is 2. The zero-order valence-corrected chi connectivity index (χ0v) is 18.3. The minimum absolute atomic E-state index is 0.0166. The Hall–Kier alpha value is -3.15.